The predicted molar refractivity (Wildman–Crippen MR) is 89.4 cm³/mol. The zero-order valence-electron chi connectivity index (χ0n) is 12.3. The molecule has 0 aliphatic carbocycles. The van der Waals surface area contributed by atoms with Crippen molar-refractivity contribution < 1.29 is 0 Å². The number of halogens is 1. The molecular formula is C15H22BrN3S. The highest BCUT2D eigenvalue weighted by Gasteiger charge is 2.19. The lowest BCUT2D eigenvalue weighted by Gasteiger charge is -2.17. The summed E-state index contributed by atoms with van der Waals surface area (Å²) in [7, 11) is 0. The average Bonchev–Trinajstić information content (AvgIpc) is 3.07. The molecule has 0 saturated heterocycles. The summed E-state index contributed by atoms with van der Waals surface area (Å²) in [6.07, 6.45) is 1.93. The van der Waals surface area contributed by atoms with E-state index in [1.807, 2.05) is 11.3 Å². The minimum atomic E-state index is 0.364. The Morgan fingerprint density at radius 3 is 2.75 bits per heavy atom. The van der Waals surface area contributed by atoms with Gasteiger partial charge in [-0.1, -0.05) is 19.9 Å². The highest BCUT2D eigenvalue weighted by molar-refractivity contribution is 9.10. The van der Waals surface area contributed by atoms with Crippen LogP contribution in [0.4, 0.5) is 0 Å². The van der Waals surface area contributed by atoms with Gasteiger partial charge in [-0.25, -0.2) is 0 Å². The molecule has 1 atom stereocenters. The summed E-state index contributed by atoms with van der Waals surface area (Å²) in [4.78, 5) is 1.39. The Hall–Kier alpha value is -0.650. The van der Waals surface area contributed by atoms with Crippen molar-refractivity contribution in [1.82, 2.24) is 15.1 Å². The van der Waals surface area contributed by atoms with Crippen molar-refractivity contribution in [2.75, 3.05) is 6.54 Å². The summed E-state index contributed by atoms with van der Waals surface area (Å²) in [6, 6.07) is 4.69. The Morgan fingerprint density at radius 1 is 1.40 bits per heavy atom. The summed E-state index contributed by atoms with van der Waals surface area (Å²) in [5, 5.41) is 10.4. The first-order valence-electron chi connectivity index (χ1n) is 7.22. The van der Waals surface area contributed by atoms with Crippen LogP contribution in [0.5, 0.6) is 0 Å². The van der Waals surface area contributed by atoms with Crippen LogP contribution in [0.2, 0.25) is 0 Å². The molecular weight excluding hydrogens is 334 g/mol. The Morgan fingerprint density at radius 2 is 2.20 bits per heavy atom. The molecule has 0 saturated carbocycles. The van der Waals surface area contributed by atoms with Crippen LogP contribution >= 0.6 is 27.3 Å². The molecule has 0 fully saturated rings. The summed E-state index contributed by atoms with van der Waals surface area (Å²) in [5.74, 6) is 0. The van der Waals surface area contributed by atoms with E-state index in [4.69, 9.17) is 0 Å². The number of hydrogen-bond donors (Lipinski definition) is 1. The van der Waals surface area contributed by atoms with E-state index < -0.39 is 0 Å². The number of rotatable bonds is 7. The smallest absolute Gasteiger partial charge is 0.0766 e. The summed E-state index contributed by atoms with van der Waals surface area (Å²) < 4.78 is 3.31. The summed E-state index contributed by atoms with van der Waals surface area (Å²) in [5.41, 5.74) is 2.45. The van der Waals surface area contributed by atoms with Crippen molar-refractivity contribution in [1.29, 1.82) is 0 Å². The first kappa shape index (κ1) is 15.7. The maximum atomic E-state index is 4.69. The van der Waals surface area contributed by atoms with Crippen LogP contribution in [-0.2, 0) is 19.4 Å². The molecule has 20 heavy (non-hydrogen) atoms. The van der Waals surface area contributed by atoms with Crippen molar-refractivity contribution in [3.8, 4) is 0 Å². The van der Waals surface area contributed by atoms with Gasteiger partial charge in [-0.05, 0) is 47.3 Å². The van der Waals surface area contributed by atoms with Crippen molar-refractivity contribution in [3.05, 3.63) is 38.3 Å². The SMILES string of the molecule is CCNC(Cc1c(Br)c(CC)nn1CC)c1cccs1. The zero-order valence-corrected chi connectivity index (χ0v) is 14.7. The average molecular weight is 356 g/mol. The maximum absolute atomic E-state index is 4.69. The van der Waals surface area contributed by atoms with Crippen molar-refractivity contribution in [3.63, 3.8) is 0 Å². The molecule has 0 bridgehead atoms. The first-order valence-corrected chi connectivity index (χ1v) is 8.89. The second kappa shape index (κ2) is 7.38. The molecule has 2 aromatic rings. The molecule has 0 aliphatic rings. The van der Waals surface area contributed by atoms with Gasteiger partial charge in [-0.2, -0.15) is 5.10 Å². The molecule has 0 amide bonds. The third-order valence-electron chi connectivity index (χ3n) is 3.43. The molecule has 5 heteroatoms. The van der Waals surface area contributed by atoms with Crippen molar-refractivity contribution in [2.24, 2.45) is 0 Å². The van der Waals surface area contributed by atoms with Gasteiger partial charge in [0.2, 0.25) is 0 Å². The van der Waals surface area contributed by atoms with Crippen LogP contribution in [-0.4, -0.2) is 16.3 Å². The number of likely N-dealkylation sites (N-methyl/N-ethyl adjacent to an activating group) is 1. The lowest BCUT2D eigenvalue weighted by atomic mass is 10.1. The summed E-state index contributed by atoms with van der Waals surface area (Å²) >= 11 is 5.55. The fourth-order valence-electron chi connectivity index (χ4n) is 2.41. The van der Waals surface area contributed by atoms with Crippen LogP contribution in [0.25, 0.3) is 0 Å². The van der Waals surface area contributed by atoms with Gasteiger partial charge >= 0.3 is 0 Å². The van der Waals surface area contributed by atoms with Crippen molar-refractivity contribution >= 4 is 27.3 Å². The molecule has 0 radical (unpaired) electrons. The zero-order chi connectivity index (χ0) is 14.5. The Kier molecular flexibility index (Phi) is 5.81. The highest BCUT2D eigenvalue weighted by atomic mass is 79.9. The topological polar surface area (TPSA) is 29.9 Å². The lowest BCUT2D eigenvalue weighted by molar-refractivity contribution is 0.521. The number of thiophene rings is 1. The van der Waals surface area contributed by atoms with Crippen LogP contribution in [0.3, 0.4) is 0 Å². The van der Waals surface area contributed by atoms with E-state index in [1.165, 1.54) is 15.0 Å². The lowest BCUT2D eigenvalue weighted by Crippen LogP contribution is -2.23. The molecule has 2 heterocycles. The second-order valence-electron chi connectivity index (χ2n) is 4.71. The quantitative estimate of drug-likeness (QED) is 0.807. The number of hydrogen-bond acceptors (Lipinski definition) is 3. The number of aryl methyl sites for hydroxylation is 2. The Labute approximate surface area is 133 Å². The molecule has 2 aromatic heterocycles. The standard InChI is InChI=1S/C15H22BrN3S/c1-4-11-15(16)13(19(6-3)18-11)10-12(17-5-2)14-8-7-9-20-14/h7-9,12,17H,4-6,10H2,1-3H3. The van der Waals surface area contributed by atoms with Gasteiger partial charge < -0.3 is 5.32 Å². The number of nitrogens with zero attached hydrogens (tertiary/aromatic N) is 2. The van der Waals surface area contributed by atoms with Gasteiger partial charge in [0.25, 0.3) is 0 Å². The molecule has 1 N–H and O–H groups in total. The van der Waals surface area contributed by atoms with E-state index in [1.54, 1.807) is 0 Å². The molecule has 2 rings (SSSR count). The molecule has 0 spiro atoms. The Balaban J connectivity index is 2.28. The minimum Gasteiger partial charge on any atom is -0.309 e. The first-order chi connectivity index (χ1) is 9.71. The molecule has 0 aliphatic heterocycles. The van der Waals surface area contributed by atoms with E-state index in [9.17, 15) is 0 Å². The van der Waals surface area contributed by atoms with E-state index in [0.717, 1.165) is 31.6 Å². The van der Waals surface area contributed by atoms with Crippen LogP contribution in [0.1, 0.15) is 43.1 Å². The minimum absolute atomic E-state index is 0.364. The third kappa shape index (κ3) is 3.32. The maximum Gasteiger partial charge on any atom is 0.0766 e. The largest absolute Gasteiger partial charge is 0.309 e. The fourth-order valence-corrected chi connectivity index (χ4v) is 3.94. The van der Waals surface area contributed by atoms with Crippen LogP contribution < -0.4 is 5.32 Å². The van der Waals surface area contributed by atoms with Gasteiger partial charge in [0, 0.05) is 23.9 Å². The normalized spacial score (nSPS) is 12.8. The van der Waals surface area contributed by atoms with E-state index in [-0.39, 0.29) is 0 Å². The van der Waals surface area contributed by atoms with Gasteiger partial charge in [0.05, 0.1) is 15.9 Å². The van der Waals surface area contributed by atoms with Gasteiger partial charge in [-0.15, -0.1) is 11.3 Å². The second-order valence-corrected chi connectivity index (χ2v) is 6.48. The predicted octanol–water partition coefficient (Wildman–Crippen LogP) is 4.18. The fraction of sp³-hybridized carbons (Fsp3) is 0.533. The van der Waals surface area contributed by atoms with Gasteiger partial charge in [0.1, 0.15) is 0 Å². The monoisotopic (exact) mass is 355 g/mol. The Bertz CT molecular complexity index is 534. The highest BCUT2D eigenvalue weighted by Crippen LogP contribution is 2.29. The van der Waals surface area contributed by atoms with E-state index in [2.05, 4.69) is 69.3 Å². The van der Waals surface area contributed by atoms with Gasteiger partial charge in [0.15, 0.2) is 0 Å². The number of aromatic nitrogens is 2. The molecule has 0 aromatic carbocycles. The third-order valence-corrected chi connectivity index (χ3v) is 5.33. The number of nitrogens with one attached hydrogen (secondary N) is 1. The summed E-state index contributed by atoms with van der Waals surface area (Å²) in [6.45, 7) is 8.34. The van der Waals surface area contributed by atoms with Gasteiger partial charge in [-0.3, -0.25) is 4.68 Å². The molecule has 1 unspecified atom stereocenters. The molecule has 110 valence electrons. The molecule has 3 nitrogen and oxygen atoms in total. The van der Waals surface area contributed by atoms with Crippen molar-refractivity contribution in [2.45, 2.75) is 46.2 Å². The van der Waals surface area contributed by atoms with Crippen LogP contribution in [0.15, 0.2) is 22.0 Å². The van der Waals surface area contributed by atoms with E-state index in [0.29, 0.717) is 6.04 Å². The van der Waals surface area contributed by atoms with Crippen LogP contribution in [0, 0.1) is 0 Å². The van der Waals surface area contributed by atoms with E-state index >= 15 is 0 Å².